The van der Waals surface area contributed by atoms with Crippen molar-refractivity contribution in [2.75, 3.05) is 6.54 Å². The van der Waals surface area contributed by atoms with Gasteiger partial charge in [0.1, 0.15) is 0 Å². The second-order valence-electron chi connectivity index (χ2n) is 3.77. The van der Waals surface area contributed by atoms with Gasteiger partial charge in [-0.15, -0.1) is 11.6 Å². The molecule has 2 rings (SSSR count). The highest BCUT2D eigenvalue weighted by Crippen LogP contribution is 2.23. The van der Waals surface area contributed by atoms with Crippen LogP contribution in [-0.4, -0.2) is 39.0 Å². The molecule has 15 heavy (non-hydrogen) atoms. The molecule has 0 saturated carbocycles. The molecule has 4 nitrogen and oxygen atoms in total. The van der Waals surface area contributed by atoms with Crippen LogP contribution in [0.3, 0.4) is 0 Å². The number of halogens is 1. The number of alkyl halides is 1. The fourth-order valence-electron chi connectivity index (χ4n) is 1.83. The maximum Gasteiger partial charge on any atom is 0.255 e. The third kappa shape index (κ3) is 2.09. The zero-order chi connectivity index (χ0) is 10.8. The number of aromatic nitrogens is 2. The topological polar surface area (TPSA) is 46.1 Å². The zero-order valence-electron chi connectivity index (χ0n) is 8.43. The van der Waals surface area contributed by atoms with Crippen LogP contribution in [0.5, 0.6) is 0 Å². The third-order valence-electron chi connectivity index (χ3n) is 2.62. The molecule has 1 aliphatic rings. The number of carbonyl (C=O) groups excluding carboxylic acids is 1. The van der Waals surface area contributed by atoms with Crippen LogP contribution in [0.4, 0.5) is 0 Å². The lowest BCUT2D eigenvalue weighted by atomic mass is 10.2. The Morgan fingerprint density at radius 2 is 2.40 bits per heavy atom. The summed E-state index contributed by atoms with van der Waals surface area (Å²) in [5.41, 5.74) is 0.572. The van der Waals surface area contributed by atoms with Crippen molar-refractivity contribution >= 4 is 17.5 Å². The Kier molecular flexibility index (Phi) is 2.86. The summed E-state index contributed by atoms with van der Waals surface area (Å²) in [6.07, 6.45) is 3.86. The lowest BCUT2D eigenvalue weighted by Gasteiger charge is -2.20. The molecule has 1 aromatic heterocycles. The molecule has 1 fully saturated rings. The van der Waals surface area contributed by atoms with E-state index in [1.54, 1.807) is 11.0 Å². The van der Waals surface area contributed by atoms with E-state index in [9.17, 15) is 4.79 Å². The molecule has 0 bridgehead atoms. The Labute approximate surface area is 93.2 Å². The first-order valence-electron chi connectivity index (χ1n) is 4.90. The van der Waals surface area contributed by atoms with Crippen LogP contribution >= 0.6 is 11.6 Å². The molecular formula is C10H12ClN3O. The number of hydrogen-bond donors (Lipinski definition) is 0. The van der Waals surface area contributed by atoms with E-state index in [0.29, 0.717) is 12.1 Å². The van der Waals surface area contributed by atoms with E-state index in [1.165, 1.54) is 12.4 Å². The average Bonchev–Trinajstić information content (AvgIpc) is 2.58. The highest BCUT2D eigenvalue weighted by Gasteiger charge is 2.31. The molecule has 0 N–H and O–H groups in total. The van der Waals surface area contributed by atoms with Gasteiger partial charge in [-0.1, -0.05) is 0 Å². The molecule has 1 saturated heterocycles. The third-order valence-corrected chi connectivity index (χ3v) is 2.93. The minimum absolute atomic E-state index is 0.0134. The second kappa shape index (κ2) is 4.14. The van der Waals surface area contributed by atoms with Gasteiger partial charge in [-0.05, 0) is 19.4 Å². The van der Waals surface area contributed by atoms with Crippen molar-refractivity contribution in [3.05, 3.63) is 24.0 Å². The Morgan fingerprint density at radius 1 is 1.60 bits per heavy atom. The van der Waals surface area contributed by atoms with Gasteiger partial charge >= 0.3 is 0 Å². The fraction of sp³-hybridized carbons (Fsp3) is 0.500. The summed E-state index contributed by atoms with van der Waals surface area (Å²) in [5, 5.41) is 7.40. The second-order valence-corrected chi connectivity index (χ2v) is 4.39. The van der Waals surface area contributed by atoms with Crippen molar-refractivity contribution in [2.24, 2.45) is 0 Å². The number of likely N-dealkylation sites (tertiary alicyclic amines) is 1. The lowest BCUT2D eigenvalue weighted by Crippen LogP contribution is -2.34. The SMILES string of the molecule is CC1CC(Cl)CN1C(=O)c1ccnnc1. The smallest absolute Gasteiger partial charge is 0.255 e. The number of nitrogens with zero attached hydrogens (tertiary/aromatic N) is 3. The van der Waals surface area contributed by atoms with Crippen LogP contribution < -0.4 is 0 Å². The van der Waals surface area contributed by atoms with Gasteiger partial charge in [-0.2, -0.15) is 10.2 Å². The van der Waals surface area contributed by atoms with E-state index < -0.39 is 0 Å². The van der Waals surface area contributed by atoms with Gasteiger partial charge < -0.3 is 4.90 Å². The molecule has 0 aliphatic carbocycles. The molecule has 2 atom stereocenters. The maximum atomic E-state index is 12.0. The van der Waals surface area contributed by atoms with Gasteiger partial charge in [0, 0.05) is 12.6 Å². The molecule has 0 radical (unpaired) electrons. The van der Waals surface area contributed by atoms with Gasteiger partial charge in [0.25, 0.3) is 5.91 Å². The Balaban J connectivity index is 2.15. The lowest BCUT2D eigenvalue weighted by molar-refractivity contribution is 0.0747. The normalized spacial score (nSPS) is 25.6. The number of rotatable bonds is 1. The standard InChI is InChI=1S/C10H12ClN3O/c1-7-4-9(11)6-14(7)10(15)8-2-3-12-13-5-8/h2-3,5,7,9H,4,6H2,1H3. The minimum atomic E-state index is -0.0134. The van der Waals surface area contributed by atoms with Crippen molar-refractivity contribution in [3.8, 4) is 0 Å². The van der Waals surface area contributed by atoms with E-state index in [-0.39, 0.29) is 17.3 Å². The summed E-state index contributed by atoms with van der Waals surface area (Å²) in [4.78, 5) is 13.8. The highest BCUT2D eigenvalue weighted by molar-refractivity contribution is 6.21. The first-order valence-corrected chi connectivity index (χ1v) is 5.34. The maximum absolute atomic E-state index is 12.0. The summed E-state index contributed by atoms with van der Waals surface area (Å²) in [5.74, 6) is -0.0134. The van der Waals surface area contributed by atoms with Crippen LogP contribution in [0.2, 0.25) is 0 Å². The Bertz CT molecular complexity index is 357. The molecule has 2 heterocycles. The quantitative estimate of drug-likeness (QED) is 0.678. The van der Waals surface area contributed by atoms with E-state index in [4.69, 9.17) is 11.6 Å². The van der Waals surface area contributed by atoms with Crippen LogP contribution in [0.25, 0.3) is 0 Å². The first kappa shape index (κ1) is 10.4. The van der Waals surface area contributed by atoms with Crippen LogP contribution in [-0.2, 0) is 0 Å². The molecule has 5 heteroatoms. The number of amides is 1. The van der Waals surface area contributed by atoms with Gasteiger partial charge in [-0.25, -0.2) is 0 Å². The van der Waals surface area contributed by atoms with Crippen molar-refractivity contribution in [1.82, 2.24) is 15.1 Å². The van der Waals surface area contributed by atoms with Crippen molar-refractivity contribution in [3.63, 3.8) is 0 Å². The van der Waals surface area contributed by atoms with Gasteiger partial charge in [0.05, 0.1) is 23.3 Å². The van der Waals surface area contributed by atoms with Crippen molar-refractivity contribution in [2.45, 2.75) is 24.8 Å². The van der Waals surface area contributed by atoms with Crippen molar-refractivity contribution < 1.29 is 4.79 Å². The van der Waals surface area contributed by atoms with Crippen LogP contribution in [0.15, 0.2) is 18.5 Å². The molecule has 0 spiro atoms. The van der Waals surface area contributed by atoms with E-state index in [2.05, 4.69) is 10.2 Å². The number of hydrogen-bond acceptors (Lipinski definition) is 3. The van der Waals surface area contributed by atoms with Gasteiger partial charge in [-0.3, -0.25) is 4.79 Å². The Morgan fingerprint density at radius 3 is 2.93 bits per heavy atom. The summed E-state index contributed by atoms with van der Waals surface area (Å²) in [7, 11) is 0. The van der Waals surface area contributed by atoms with E-state index in [0.717, 1.165) is 6.42 Å². The molecule has 1 aliphatic heterocycles. The monoisotopic (exact) mass is 225 g/mol. The Hall–Kier alpha value is -1.16. The predicted molar refractivity (Wildman–Crippen MR) is 56.8 cm³/mol. The summed E-state index contributed by atoms with van der Waals surface area (Å²) >= 11 is 6.01. The van der Waals surface area contributed by atoms with E-state index >= 15 is 0 Å². The molecule has 2 unspecified atom stereocenters. The summed E-state index contributed by atoms with van der Waals surface area (Å²) in [6.45, 7) is 2.62. The van der Waals surface area contributed by atoms with Crippen LogP contribution in [0.1, 0.15) is 23.7 Å². The van der Waals surface area contributed by atoms with Gasteiger partial charge in [0.2, 0.25) is 0 Å². The zero-order valence-corrected chi connectivity index (χ0v) is 9.18. The van der Waals surface area contributed by atoms with Crippen LogP contribution in [0, 0.1) is 0 Å². The molecular weight excluding hydrogens is 214 g/mol. The number of carbonyl (C=O) groups is 1. The average molecular weight is 226 g/mol. The molecule has 1 aromatic rings. The fourth-order valence-corrected chi connectivity index (χ4v) is 2.24. The first-order chi connectivity index (χ1) is 7.18. The predicted octanol–water partition coefficient (Wildman–Crippen LogP) is 1.32. The highest BCUT2D eigenvalue weighted by atomic mass is 35.5. The molecule has 80 valence electrons. The van der Waals surface area contributed by atoms with Crippen molar-refractivity contribution in [1.29, 1.82) is 0 Å². The summed E-state index contributed by atoms with van der Waals surface area (Å²) in [6, 6.07) is 1.87. The largest absolute Gasteiger partial charge is 0.334 e. The molecule has 1 amide bonds. The minimum Gasteiger partial charge on any atom is -0.334 e. The molecule has 0 aromatic carbocycles. The van der Waals surface area contributed by atoms with Gasteiger partial charge in [0.15, 0.2) is 0 Å². The summed E-state index contributed by atoms with van der Waals surface area (Å²) < 4.78 is 0. The van der Waals surface area contributed by atoms with E-state index in [1.807, 2.05) is 6.92 Å².